The van der Waals surface area contributed by atoms with Crippen molar-refractivity contribution < 1.29 is 43.0 Å². The van der Waals surface area contributed by atoms with Crippen molar-refractivity contribution >= 4 is 62.4 Å². The van der Waals surface area contributed by atoms with Crippen LogP contribution in [0.5, 0.6) is 17.2 Å². The van der Waals surface area contributed by atoms with Gasteiger partial charge in [-0.05, 0) is 89.0 Å². The van der Waals surface area contributed by atoms with E-state index in [-0.39, 0.29) is 55.4 Å². The highest BCUT2D eigenvalue weighted by Crippen LogP contribution is 2.41. The number of nitrogens with zero attached hydrogens (tertiary/aromatic N) is 4. The SMILES string of the molecule is COc1cc(-c2cn(C)c(=O)c3cc(NC(=O)[C@H]4CCCN(C(=O)CCCCOc5cccc(C(=O)N(C=O)C6CCC(=O)NC6=O)c5C)C4)sc23)cc(OC)c1CN(C)C. The number of hydrogen-bond acceptors (Lipinski definition) is 12. The summed E-state index contributed by atoms with van der Waals surface area (Å²) < 4.78 is 19.7. The number of likely N-dealkylation sites (tertiary alicyclic amines) is 1. The van der Waals surface area contributed by atoms with Crippen LogP contribution in [-0.2, 0) is 37.6 Å². The monoisotopic (exact) mass is 856 g/mol. The summed E-state index contributed by atoms with van der Waals surface area (Å²) in [6, 6.07) is 9.36. The molecule has 61 heavy (non-hydrogen) atoms. The number of benzene rings is 2. The number of pyridine rings is 1. The van der Waals surface area contributed by atoms with Crippen LogP contribution in [0.4, 0.5) is 5.00 Å². The maximum Gasteiger partial charge on any atom is 0.261 e. The predicted octanol–water partition coefficient (Wildman–Crippen LogP) is 4.48. The molecule has 4 aromatic rings. The number of rotatable bonds is 16. The molecule has 6 amide bonds. The minimum Gasteiger partial charge on any atom is -0.496 e. The van der Waals surface area contributed by atoms with Crippen molar-refractivity contribution in [3.05, 3.63) is 69.6 Å². The van der Waals surface area contributed by atoms with Gasteiger partial charge in [0, 0.05) is 62.4 Å². The number of anilines is 1. The number of nitrogens with one attached hydrogen (secondary N) is 2. The zero-order chi connectivity index (χ0) is 44.0. The van der Waals surface area contributed by atoms with Gasteiger partial charge in [0.1, 0.15) is 23.3 Å². The van der Waals surface area contributed by atoms with Crippen LogP contribution in [0.2, 0.25) is 0 Å². The Bertz CT molecular complexity index is 2380. The van der Waals surface area contributed by atoms with E-state index in [0.717, 1.165) is 26.3 Å². The van der Waals surface area contributed by atoms with Crippen LogP contribution < -0.4 is 30.4 Å². The third-order valence-corrected chi connectivity index (χ3v) is 12.2. The summed E-state index contributed by atoms with van der Waals surface area (Å²) in [5.41, 5.74) is 2.99. The maximum atomic E-state index is 13.7. The number of fused-ring (bicyclic) bond motifs is 1. The number of amides is 6. The maximum absolute atomic E-state index is 13.7. The molecule has 2 saturated heterocycles. The second-order valence-corrected chi connectivity index (χ2v) is 16.6. The minimum atomic E-state index is -1.08. The average Bonchev–Trinajstić information content (AvgIpc) is 3.67. The number of carbonyl (C=O) groups excluding carboxylic acids is 6. The first-order valence-corrected chi connectivity index (χ1v) is 21.0. The first kappa shape index (κ1) is 44.5. The lowest BCUT2D eigenvalue weighted by atomic mass is 9.96. The van der Waals surface area contributed by atoms with Crippen LogP contribution in [0.3, 0.4) is 0 Å². The van der Waals surface area contributed by atoms with E-state index in [9.17, 15) is 33.6 Å². The summed E-state index contributed by atoms with van der Waals surface area (Å²) >= 11 is 1.32. The highest BCUT2D eigenvalue weighted by Gasteiger charge is 2.35. The molecule has 4 heterocycles. The van der Waals surface area contributed by atoms with Gasteiger partial charge in [-0.15, -0.1) is 11.3 Å². The minimum absolute atomic E-state index is 0.0212. The van der Waals surface area contributed by atoms with Crippen molar-refractivity contribution in [3.8, 4) is 28.4 Å². The molecule has 0 aliphatic carbocycles. The van der Waals surface area contributed by atoms with Gasteiger partial charge in [0.25, 0.3) is 11.5 Å². The van der Waals surface area contributed by atoms with Gasteiger partial charge in [-0.2, -0.15) is 0 Å². The fraction of sp³-hybridized carbons (Fsp3) is 0.432. The van der Waals surface area contributed by atoms with Gasteiger partial charge in [0.15, 0.2) is 0 Å². The Balaban J connectivity index is 1.04. The summed E-state index contributed by atoms with van der Waals surface area (Å²) in [7, 11) is 8.85. The molecule has 0 spiro atoms. The number of methoxy groups -OCH3 is 2. The molecule has 2 aromatic carbocycles. The molecule has 0 radical (unpaired) electrons. The third kappa shape index (κ3) is 9.94. The van der Waals surface area contributed by atoms with Crippen molar-refractivity contribution in [2.45, 2.75) is 64.5 Å². The van der Waals surface area contributed by atoms with Crippen molar-refractivity contribution in [1.82, 2.24) is 24.6 Å². The lowest BCUT2D eigenvalue weighted by molar-refractivity contribution is -0.139. The van der Waals surface area contributed by atoms with E-state index in [1.807, 2.05) is 31.1 Å². The Labute approximate surface area is 357 Å². The average molecular weight is 857 g/mol. The third-order valence-electron chi connectivity index (χ3n) is 11.1. The molecule has 0 saturated carbocycles. The van der Waals surface area contributed by atoms with Crippen LogP contribution >= 0.6 is 11.3 Å². The van der Waals surface area contributed by atoms with Gasteiger partial charge < -0.3 is 33.9 Å². The second-order valence-electron chi connectivity index (χ2n) is 15.6. The molecular weight excluding hydrogens is 805 g/mol. The number of imide groups is 2. The highest BCUT2D eigenvalue weighted by molar-refractivity contribution is 7.23. The molecule has 2 aliphatic rings. The Morgan fingerprint density at radius 2 is 1.75 bits per heavy atom. The number of hydrogen-bond donors (Lipinski definition) is 2. The molecule has 2 N–H and O–H groups in total. The van der Waals surface area contributed by atoms with Gasteiger partial charge in [-0.1, -0.05) is 6.07 Å². The number of aryl methyl sites for hydroxylation is 1. The van der Waals surface area contributed by atoms with Crippen molar-refractivity contribution in [2.75, 3.05) is 53.3 Å². The molecule has 2 atom stereocenters. The van der Waals surface area contributed by atoms with Crippen LogP contribution in [0.25, 0.3) is 21.2 Å². The van der Waals surface area contributed by atoms with Gasteiger partial charge >= 0.3 is 0 Å². The summed E-state index contributed by atoms with van der Waals surface area (Å²) in [5, 5.41) is 6.22. The Hall–Kier alpha value is -6.07. The molecule has 1 unspecified atom stereocenters. The second kappa shape index (κ2) is 19.5. The number of carbonyl (C=O) groups is 6. The number of aromatic nitrogens is 1. The van der Waals surface area contributed by atoms with E-state index in [1.165, 1.54) is 15.9 Å². The topological polar surface area (TPSA) is 186 Å². The van der Waals surface area contributed by atoms with E-state index in [4.69, 9.17) is 14.2 Å². The zero-order valence-corrected chi connectivity index (χ0v) is 36.1. The first-order chi connectivity index (χ1) is 29.2. The van der Waals surface area contributed by atoms with E-state index in [1.54, 1.807) is 63.6 Å². The molecule has 2 aliphatic heterocycles. The van der Waals surface area contributed by atoms with Gasteiger partial charge in [0.05, 0.1) is 47.4 Å². The number of ether oxygens (including phenoxy) is 3. The molecular formula is C44H52N6O10S. The fourth-order valence-corrected chi connectivity index (χ4v) is 8.93. The normalized spacial score (nSPS) is 16.6. The lowest BCUT2D eigenvalue weighted by Crippen LogP contribution is -2.53. The van der Waals surface area contributed by atoms with Crippen molar-refractivity contribution in [3.63, 3.8) is 0 Å². The highest BCUT2D eigenvalue weighted by atomic mass is 32.1. The number of unbranched alkanes of at least 4 members (excludes halogenated alkanes) is 1. The summed E-state index contributed by atoms with van der Waals surface area (Å²) in [6.07, 6.45) is 4.80. The molecule has 0 bridgehead atoms. The van der Waals surface area contributed by atoms with E-state index < -0.39 is 29.7 Å². The standard InChI is InChI=1S/C44H52N6O10S/c1-26-29(44(57)50(25-51)33-15-16-37(52)45-42(33)55)12-9-13-34(26)60-18-8-7-14-39(53)49-17-10-11-27(22-49)41(54)46-38-21-30-40(61-38)31(24-48(4)43(30)56)28-19-35(58-5)32(23-47(2)3)36(20-28)59-6/h9,12-13,19-21,24-25,27,33H,7-8,10-11,14-18,22-23H2,1-6H3,(H,46,54)(H,45,52,55)/t27-,33?/m0/s1. The van der Waals surface area contributed by atoms with Crippen molar-refractivity contribution in [2.24, 2.45) is 13.0 Å². The summed E-state index contributed by atoms with van der Waals surface area (Å²) in [4.78, 5) is 93.9. The number of piperidine rings is 2. The molecule has 6 rings (SSSR count). The number of thiophene rings is 1. The quantitative estimate of drug-likeness (QED) is 0.0920. The summed E-state index contributed by atoms with van der Waals surface area (Å²) in [5.74, 6) is -0.759. The molecule has 2 fully saturated rings. The van der Waals surface area contributed by atoms with E-state index >= 15 is 0 Å². The zero-order valence-electron chi connectivity index (χ0n) is 35.3. The van der Waals surface area contributed by atoms with Gasteiger partial charge in [0.2, 0.25) is 30.0 Å². The first-order valence-electron chi connectivity index (χ1n) is 20.2. The molecule has 324 valence electrons. The van der Waals surface area contributed by atoms with Crippen LogP contribution in [-0.4, -0.2) is 109 Å². The van der Waals surface area contributed by atoms with Crippen LogP contribution in [0.15, 0.2) is 47.4 Å². The Kier molecular flexibility index (Phi) is 14.2. The summed E-state index contributed by atoms with van der Waals surface area (Å²) in [6.45, 7) is 3.40. The van der Waals surface area contributed by atoms with Crippen LogP contribution in [0, 0.1) is 12.8 Å². The molecule has 17 heteroatoms. The molecule has 16 nitrogen and oxygen atoms in total. The van der Waals surface area contributed by atoms with Crippen molar-refractivity contribution in [1.29, 1.82) is 0 Å². The van der Waals surface area contributed by atoms with Gasteiger partial charge in [-0.3, -0.25) is 43.8 Å². The largest absolute Gasteiger partial charge is 0.496 e. The fourth-order valence-electron chi connectivity index (χ4n) is 7.84. The van der Waals surface area contributed by atoms with E-state index in [0.29, 0.717) is 78.4 Å². The predicted molar refractivity (Wildman–Crippen MR) is 230 cm³/mol. The van der Waals surface area contributed by atoms with Gasteiger partial charge in [-0.25, -0.2) is 0 Å². The van der Waals surface area contributed by atoms with E-state index in [2.05, 4.69) is 10.6 Å². The molecule has 2 aromatic heterocycles. The Morgan fingerprint density at radius 1 is 1.02 bits per heavy atom. The van der Waals surface area contributed by atoms with Crippen LogP contribution in [0.1, 0.15) is 66.4 Å². The smallest absolute Gasteiger partial charge is 0.261 e. The lowest BCUT2D eigenvalue weighted by Gasteiger charge is -2.32. The Morgan fingerprint density at radius 3 is 2.43 bits per heavy atom.